The first-order valence-electron chi connectivity index (χ1n) is 19.5. The van der Waals surface area contributed by atoms with Crippen LogP contribution in [-0.4, -0.2) is 14.5 Å². The topological polar surface area (TPSA) is 30.7 Å². The SMILES string of the molecule is c1cc(-c2cnc3c4ccccc4c4ccccc4c3n2)cc(-n2c3ccc(-c4cccc5ccccc45)cc3c3cc(-c4cccc5ccccc45)ccc32)c1. The Hall–Kier alpha value is -7.62. The van der Waals surface area contributed by atoms with Crippen LogP contribution in [0, 0.1) is 0 Å². The Morgan fingerprint density at radius 1 is 0.333 bits per heavy atom. The summed E-state index contributed by atoms with van der Waals surface area (Å²) >= 11 is 0. The van der Waals surface area contributed by atoms with Crippen molar-refractivity contribution in [2.45, 2.75) is 0 Å². The fourth-order valence-electron chi connectivity index (χ4n) is 9.16. The van der Waals surface area contributed by atoms with E-state index in [2.05, 4.69) is 199 Å². The molecule has 0 aliphatic heterocycles. The lowest BCUT2D eigenvalue weighted by Gasteiger charge is -2.12. The van der Waals surface area contributed by atoms with Crippen molar-refractivity contribution < 1.29 is 0 Å². The molecule has 0 N–H and O–H groups in total. The fourth-order valence-corrected chi connectivity index (χ4v) is 9.16. The van der Waals surface area contributed by atoms with Crippen LogP contribution in [0.25, 0.3) is 115 Å². The quantitative estimate of drug-likeness (QED) is 0.169. The summed E-state index contributed by atoms with van der Waals surface area (Å²) in [6.07, 6.45) is 1.93. The summed E-state index contributed by atoms with van der Waals surface area (Å²) in [7, 11) is 0. The average Bonchev–Trinajstić information content (AvgIpc) is 3.61. The molecule has 12 aromatic rings. The van der Waals surface area contributed by atoms with E-state index < -0.39 is 0 Å². The molecule has 0 aliphatic carbocycles. The molecule has 0 aliphatic rings. The van der Waals surface area contributed by atoms with Crippen LogP contribution in [0.4, 0.5) is 0 Å². The first-order valence-corrected chi connectivity index (χ1v) is 19.5. The zero-order valence-electron chi connectivity index (χ0n) is 30.9. The number of hydrogen-bond donors (Lipinski definition) is 0. The van der Waals surface area contributed by atoms with Gasteiger partial charge in [-0.15, -0.1) is 0 Å². The van der Waals surface area contributed by atoms with Crippen LogP contribution in [-0.2, 0) is 0 Å². The molecule has 0 amide bonds. The van der Waals surface area contributed by atoms with Gasteiger partial charge in [-0.1, -0.05) is 158 Å². The average molecular weight is 724 g/mol. The van der Waals surface area contributed by atoms with Crippen LogP contribution in [0.2, 0.25) is 0 Å². The van der Waals surface area contributed by atoms with Crippen molar-refractivity contribution in [3.05, 3.63) is 200 Å². The molecule has 0 spiro atoms. The van der Waals surface area contributed by atoms with Gasteiger partial charge in [0.1, 0.15) is 0 Å². The van der Waals surface area contributed by atoms with Crippen LogP contribution < -0.4 is 0 Å². The summed E-state index contributed by atoms with van der Waals surface area (Å²) in [6.45, 7) is 0. The Morgan fingerprint density at radius 2 is 0.825 bits per heavy atom. The molecule has 0 fully saturated rings. The molecule has 57 heavy (non-hydrogen) atoms. The second-order valence-corrected chi connectivity index (χ2v) is 14.9. The van der Waals surface area contributed by atoms with Gasteiger partial charge in [0.15, 0.2) is 0 Å². The summed E-state index contributed by atoms with van der Waals surface area (Å²) in [6, 6.07) is 70.2. The molecule has 10 aromatic carbocycles. The molecular weight excluding hydrogens is 691 g/mol. The first-order chi connectivity index (χ1) is 28.3. The third kappa shape index (κ3) is 4.92. The molecule has 2 heterocycles. The highest BCUT2D eigenvalue weighted by Crippen LogP contribution is 2.40. The number of aromatic nitrogens is 3. The van der Waals surface area contributed by atoms with Gasteiger partial charge in [-0.25, -0.2) is 4.98 Å². The zero-order chi connectivity index (χ0) is 37.5. The zero-order valence-corrected chi connectivity index (χ0v) is 30.9. The highest BCUT2D eigenvalue weighted by Gasteiger charge is 2.18. The maximum atomic E-state index is 5.34. The Kier molecular flexibility index (Phi) is 6.93. The van der Waals surface area contributed by atoms with Crippen LogP contribution in [0.5, 0.6) is 0 Å². The van der Waals surface area contributed by atoms with E-state index >= 15 is 0 Å². The van der Waals surface area contributed by atoms with E-state index in [4.69, 9.17) is 9.97 Å². The standard InChI is InChI=1S/C54H33N3/c1-3-18-40-34(12-1)14-10-24-42(40)36-26-28-51-48(31-36)49-32-37(43-25-11-15-35-13-2-4-19-41(35)43)27-29-52(49)57(51)39-17-9-16-38(30-39)50-33-55-53-46-22-7-5-20-44(46)45-21-6-8-23-47(45)54(53)56-50/h1-33H. The molecule has 3 heteroatoms. The molecular formula is C54H33N3. The van der Waals surface area contributed by atoms with Gasteiger partial charge in [0.25, 0.3) is 0 Å². The van der Waals surface area contributed by atoms with Gasteiger partial charge in [-0.3, -0.25) is 4.98 Å². The smallest absolute Gasteiger partial charge is 0.0979 e. The largest absolute Gasteiger partial charge is 0.309 e. The van der Waals surface area contributed by atoms with Crippen molar-refractivity contribution in [2.24, 2.45) is 0 Å². The minimum atomic E-state index is 0.849. The van der Waals surface area contributed by atoms with Crippen LogP contribution in [0.15, 0.2) is 200 Å². The molecule has 264 valence electrons. The Labute approximate surface area is 328 Å². The number of fused-ring (bicyclic) bond motifs is 11. The second kappa shape index (κ2) is 12.5. The maximum absolute atomic E-state index is 5.34. The lowest BCUT2D eigenvalue weighted by molar-refractivity contribution is 1.18. The fraction of sp³-hybridized carbons (Fsp3) is 0. The lowest BCUT2D eigenvalue weighted by Crippen LogP contribution is -1.96. The van der Waals surface area contributed by atoms with Crippen LogP contribution in [0.3, 0.4) is 0 Å². The van der Waals surface area contributed by atoms with E-state index in [9.17, 15) is 0 Å². The van der Waals surface area contributed by atoms with E-state index in [0.717, 1.165) is 49.8 Å². The summed E-state index contributed by atoms with van der Waals surface area (Å²) in [5.41, 5.74) is 12.0. The van der Waals surface area contributed by atoms with Crippen LogP contribution in [0.1, 0.15) is 0 Å². The molecule has 3 nitrogen and oxygen atoms in total. The highest BCUT2D eigenvalue weighted by molar-refractivity contribution is 6.23. The number of rotatable bonds is 4. The van der Waals surface area contributed by atoms with Gasteiger partial charge >= 0.3 is 0 Å². The van der Waals surface area contributed by atoms with E-state index in [1.54, 1.807) is 0 Å². The third-order valence-corrected chi connectivity index (χ3v) is 11.8. The lowest BCUT2D eigenvalue weighted by atomic mass is 9.95. The maximum Gasteiger partial charge on any atom is 0.0979 e. The minimum absolute atomic E-state index is 0.849. The summed E-state index contributed by atoms with van der Waals surface area (Å²) in [5, 5.41) is 12.0. The number of hydrogen-bond acceptors (Lipinski definition) is 2. The Balaban J connectivity index is 1.08. The first kappa shape index (κ1) is 31.7. The molecule has 0 unspecified atom stereocenters. The van der Waals surface area contributed by atoms with Crippen molar-refractivity contribution >= 4 is 75.9 Å². The van der Waals surface area contributed by atoms with Crippen molar-refractivity contribution in [1.82, 2.24) is 14.5 Å². The molecule has 0 saturated heterocycles. The van der Waals surface area contributed by atoms with E-state index in [-0.39, 0.29) is 0 Å². The van der Waals surface area contributed by atoms with Gasteiger partial charge in [0, 0.05) is 32.8 Å². The third-order valence-electron chi connectivity index (χ3n) is 11.8. The van der Waals surface area contributed by atoms with Crippen molar-refractivity contribution in [3.63, 3.8) is 0 Å². The van der Waals surface area contributed by atoms with Gasteiger partial charge in [-0.2, -0.15) is 0 Å². The minimum Gasteiger partial charge on any atom is -0.309 e. The molecule has 2 aromatic heterocycles. The summed E-state index contributed by atoms with van der Waals surface area (Å²) in [4.78, 5) is 10.4. The van der Waals surface area contributed by atoms with Crippen LogP contribution >= 0.6 is 0 Å². The Morgan fingerprint density at radius 3 is 1.42 bits per heavy atom. The predicted molar refractivity (Wildman–Crippen MR) is 240 cm³/mol. The molecule has 0 atom stereocenters. The number of benzene rings is 10. The van der Waals surface area contributed by atoms with Crippen molar-refractivity contribution in [3.8, 4) is 39.2 Å². The van der Waals surface area contributed by atoms with Gasteiger partial charge in [-0.05, 0) is 91.0 Å². The summed E-state index contributed by atoms with van der Waals surface area (Å²) < 4.78 is 2.41. The molecule has 12 rings (SSSR count). The van der Waals surface area contributed by atoms with Crippen molar-refractivity contribution in [1.29, 1.82) is 0 Å². The molecule has 0 saturated carbocycles. The normalized spacial score (nSPS) is 11.9. The number of nitrogens with zero attached hydrogens (tertiary/aromatic N) is 3. The van der Waals surface area contributed by atoms with Gasteiger partial charge in [0.2, 0.25) is 0 Å². The highest BCUT2D eigenvalue weighted by atomic mass is 15.0. The predicted octanol–water partition coefficient (Wildman–Crippen LogP) is 14.3. The van der Waals surface area contributed by atoms with Gasteiger partial charge in [0.05, 0.1) is 34.0 Å². The Bertz CT molecular complexity index is 3410. The molecule has 0 bridgehead atoms. The van der Waals surface area contributed by atoms with E-state index in [1.165, 1.54) is 65.3 Å². The van der Waals surface area contributed by atoms with E-state index in [0.29, 0.717) is 0 Å². The second-order valence-electron chi connectivity index (χ2n) is 14.9. The van der Waals surface area contributed by atoms with Crippen molar-refractivity contribution in [2.75, 3.05) is 0 Å². The van der Waals surface area contributed by atoms with Gasteiger partial charge < -0.3 is 4.57 Å². The summed E-state index contributed by atoms with van der Waals surface area (Å²) in [5.74, 6) is 0. The molecule has 0 radical (unpaired) electrons. The monoisotopic (exact) mass is 723 g/mol. The van der Waals surface area contributed by atoms with E-state index in [1.807, 2.05) is 6.20 Å².